The van der Waals surface area contributed by atoms with E-state index in [0.717, 1.165) is 38.3 Å². The van der Waals surface area contributed by atoms with E-state index in [2.05, 4.69) is 44.8 Å². The molecule has 1 atom stereocenters. The summed E-state index contributed by atoms with van der Waals surface area (Å²) in [5, 5.41) is 6.78. The molecule has 0 radical (unpaired) electrons. The molecule has 1 amide bonds. The Balaban J connectivity index is 1.44. The maximum absolute atomic E-state index is 12.7. The largest absolute Gasteiger partial charge is 0.353 e. The fraction of sp³-hybridized carbons (Fsp3) is 0.455. The molecule has 1 aliphatic carbocycles. The SMILES string of the molecule is O=C(NC1CCCCC1)c1ccnc(N2CCNC(c3ccccc3)C2)c1. The number of pyridine rings is 1. The molecule has 2 fully saturated rings. The van der Waals surface area contributed by atoms with E-state index in [9.17, 15) is 4.79 Å². The highest BCUT2D eigenvalue weighted by Crippen LogP contribution is 2.22. The average Bonchev–Trinajstić information content (AvgIpc) is 2.75. The molecule has 4 rings (SSSR count). The van der Waals surface area contributed by atoms with Crippen LogP contribution in [0, 0.1) is 0 Å². The topological polar surface area (TPSA) is 57.3 Å². The first-order chi connectivity index (χ1) is 13.3. The molecule has 0 bridgehead atoms. The van der Waals surface area contributed by atoms with E-state index in [0.29, 0.717) is 11.6 Å². The van der Waals surface area contributed by atoms with Crippen molar-refractivity contribution in [1.82, 2.24) is 15.6 Å². The van der Waals surface area contributed by atoms with Gasteiger partial charge in [0, 0.05) is 43.5 Å². The fourth-order valence-corrected chi connectivity index (χ4v) is 4.11. The lowest BCUT2D eigenvalue weighted by Gasteiger charge is -2.35. The number of hydrogen-bond acceptors (Lipinski definition) is 4. The van der Waals surface area contributed by atoms with Crippen LogP contribution in [0.5, 0.6) is 0 Å². The third-order valence-electron chi connectivity index (χ3n) is 5.65. The van der Waals surface area contributed by atoms with Gasteiger partial charge in [-0.05, 0) is 30.5 Å². The van der Waals surface area contributed by atoms with E-state index < -0.39 is 0 Å². The minimum atomic E-state index is 0.0280. The van der Waals surface area contributed by atoms with Gasteiger partial charge in [0.25, 0.3) is 5.91 Å². The smallest absolute Gasteiger partial charge is 0.251 e. The first kappa shape index (κ1) is 18.0. The Morgan fingerprint density at radius 1 is 1.11 bits per heavy atom. The molecule has 2 aromatic rings. The molecule has 1 aliphatic heterocycles. The molecule has 2 heterocycles. The molecule has 1 saturated heterocycles. The van der Waals surface area contributed by atoms with Crippen LogP contribution in [0.3, 0.4) is 0 Å². The van der Waals surface area contributed by atoms with Crippen LogP contribution in [0.15, 0.2) is 48.7 Å². The maximum atomic E-state index is 12.7. The van der Waals surface area contributed by atoms with E-state index >= 15 is 0 Å². The summed E-state index contributed by atoms with van der Waals surface area (Å²) < 4.78 is 0. The van der Waals surface area contributed by atoms with Crippen molar-refractivity contribution in [2.75, 3.05) is 24.5 Å². The average molecular weight is 364 g/mol. The number of hydrogen-bond donors (Lipinski definition) is 2. The van der Waals surface area contributed by atoms with Gasteiger partial charge in [-0.1, -0.05) is 49.6 Å². The lowest BCUT2D eigenvalue weighted by atomic mass is 9.95. The highest BCUT2D eigenvalue weighted by atomic mass is 16.1. The van der Waals surface area contributed by atoms with Gasteiger partial charge in [-0.25, -0.2) is 4.98 Å². The van der Waals surface area contributed by atoms with Crippen molar-refractivity contribution in [2.45, 2.75) is 44.2 Å². The van der Waals surface area contributed by atoms with Crippen LogP contribution in [0.25, 0.3) is 0 Å². The molecule has 1 saturated carbocycles. The van der Waals surface area contributed by atoms with Crippen molar-refractivity contribution < 1.29 is 4.79 Å². The Morgan fingerprint density at radius 3 is 2.74 bits per heavy atom. The zero-order chi connectivity index (χ0) is 18.5. The fourth-order valence-electron chi connectivity index (χ4n) is 4.11. The molecule has 142 valence electrons. The minimum absolute atomic E-state index is 0.0280. The molecule has 2 aliphatic rings. The monoisotopic (exact) mass is 364 g/mol. The van der Waals surface area contributed by atoms with E-state index in [-0.39, 0.29) is 11.9 Å². The predicted octanol–water partition coefficient (Wildman–Crippen LogP) is 3.30. The summed E-state index contributed by atoms with van der Waals surface area (Å²) in [5.41, 5.74) is 1.99. The Kier molecular flexibility index (Phi) is 5.68. The van der Waals surface area contributed by atoms with Crippen molar-refractivity contribution in [3.8, 4) is 0 Å². The number of carbonyl (C=O) groups is 1. The van der Waals surface area contributed by atoms with Crippen LogP contribution >= 0.6 is 0 Å². The zero-order valence-corrected chi connectivity index (χ0v) is 15.7. The van der Waals surface area contributed by atoms with E-state index in [1.807, 2.05) is 18.2 Å². The molecule has 1 unspecified atom stereocenters. The Bertz CT molecular complexity index is 758. The van der Waals surface area contributed by atoms with Crippen LogP contribution in [0.2, 0.25) is 0 Å². The van der Waals surface area contributed by atoms with Crippen LogP contribution in [0.4, 0.5) is 5.82 Å². The molecule has 5 heteroatoms. The van der Waals surface area contributed by atoms with Crippen molar-refractivity contribution >= 4 is 11.7 Å². The van der Waals surface area contributed by atoms with Crippen molar-refractivity contribution in [2.24, 2.45) is 0 Å². The molecule has 1 aromatic heterocycles. The summed E-state index contributed by atoms with van der Waals surface area (Å²) in [6, 6.07) is 14.9. The predicted molar refractivity (Wildman–Crippen MR) is 108 cm³/mol. The van der Waals surface area contributed by atoms with E-state index in [4.69, 9.17) is 0 Å². The molecule has 0 spiro atoms. The third kappa shape index (κ3) is 4.48. The lowest BCUT2D eigenvalue weighted by Crippen LogP contribution is -2.46. The van der Waals surface area contributed by atoms with Gasteiger partial charge in [0.05, 0.1) is 0 Å². The second-order valence-electron chi connectivity index (χ2n) is 7.57. The van der Waals surface area contributed by atoms with Gasteiger partial charge in [-0.2, -0.15) is 0 Å². The Morgan fingerprint density at radius 2 is 1.93 bits per heavy atom. The Hall–Kier alpha value is -2.40. The third-order valence-corrected chi connectivity index (χ3v) is 5.65. The van der Waals surface area contributed by atoms with Crippen LogP contribution in [-0.4, -0.2) is 36.6 Å². The highest BCUT2D eigenvalue weighted by Gasteiger charge is 2.23. The number of nitrogens with zero attached hydrogens (tertiary/aromatic N) is 2. The standard InChI is InChI=1S/C22H28N4O/c27-22(25-19-9-5-2-6-10-19)18-11-12-24-21(15-18)26-14-13-23-20(16-26)17-7-3-1-4-8-17/h1,3-4,7-8,11-12,15,19-20,23H,2,5-6,9-10,13-14,16H2,(H,25,27). The van der Waals surface area contributed by atoms with Crippen LogP contribution < -0.4 is 15.5 Å². The summed E-state index contributed by atoms with van der Waals surface area (Å²) in [4.78, 5) is 19.5. The number of piperazine rings is 1. The lowest BCUT2D eigenvalue weighted by molar-refractivity contribution is 0.0927. The van der Waals surface area contributed by atoms with E-state index in [1.54, 1.807) is 6.20 Å². The van der Waals surface area contributed by atoms with Crippen LogP contribution in [-0.2, 0) is 0 Å². The van der Waals surface area contributed by atoms with Gasteiger partial charge in [0.1, 0.15) is 5.82 Å². The number of carbonyl (C=O) groups excluding carboxylic acids is 1. The summed E-state index contributed by atoms with van der Waals surface area (Å²) in [6.07, 6.45) is 7.67. The zero-order valence-electron chi connectivity index (χ0n) is 15.7. The van der Waals surface area contributed by atoms with E-state index in [1.165, 1.54) is 24.8 Å². The van der Waals surface area contributed by atoms with Gasteiger partial charge in [0.2, 0.25) is 0 Å². The number of aromatic nitrogens is 1. The summed E-state index contributed by atoms with van der Waals surface area (Å²) >= 11 is 0. The first-order valence-corrected chi connectivity index (χ1v) is 10.1. The number of benzene rings is 1. The molecule has 27 heavy (non-hydrogen) atoms. The van der Waals surface area contributed by atoms with Crippen molar-refractivity contribution in [1.29, 1.82) is 0 Å². The molecule has 5 nitrogen and oxygen atoms in total. The second-order valence-corrected chi connectivity index (χ2v) is 7.57. The van der Waals surface area contributed by atoms with Crippen molar-refractivity contribution in [3.05, 3.63) is 59.8 Å². The Labute approximate surface area is 161 Å². The molecule has 1 aromatic carbocycles. The molecular weight excluding hydrogens is 336 g/mol. The molecule has 2 N–H and O–H groups in total. The normalized spacial score (nSPS) is 21.0. The summed E-state index contributed by atoms with van der Waals surface area (Å²) in [5.74, 6) is 0.911. The quantitative estimate of drug-likeness (QED) is 0.874. The number of nitrogens with one attached hydrogen (secondary N) is 2. The van der Waals surface area contributed by atoms with Gasteiger partial charge in [0.15, 0.2) is 0 Å². The van der Waals surface area contributed by atoms with Crippen molar-refractivity contribution in [3.63, 3.8) is 0 Å². The van der Waals surface area contributed by atoms with Crippen LogP contribution in [0.1, 0.15) is 54.1 Å². The van der Waals surface area contributed by atoms with Gasteiger partial charge in [-0.15, -0.1) is 0 Å². The highest BCUT2D eigenvalue weighted by molar-refractivity contribution is 5.95. The number of anilines is 1. The second kappa shape index (κ2) is 8.53. The summed E-state index contributed by atoms with van der Waals surface area (Å²) in [6.45, 7) is 2.65. The number of rotatable bonds is 4. The maximum Gasteiger partial charge on any atom is 0.251 e. The van der Waals surface area contributed by atoms with Gasteiger partial charge in [-0.3, -0.25) is 4.79 Å². The first-order valence-electron chi connectivity index (χ1n) is 10.1. The number of amides is 1. The minimum Gasteiger partial charge on any atom is -0.353 e. The summed E-state index contributed by atoms with van der Waals surface area (Å²) in [7, 11) is 0. The van der Waals surface area contributed by atoms with Gasteiger partial charge >= 0.3 is 0 Å². The van der Waals surface area contributed by atoms with Gasteiger partial charge < -0.3 is 15.5 Å². The molecular formula is C22H28N4O.